The van der Waals surface area contributed by atoms with Crippen LogP contribution in [0.25, 0.3) is 0 Å². The van der Waals surface area contributed by atoms with E-state index in [2.05, 4.69) is 5.32 Å². The first-order chi connectivity index (χ1) is 9.60. The number of carbonyl (C=O) groups excluding carboxylic acids is 2. The van der Waals surface area contributed by atoms with Crippen LogP contribution in [0.5, 0.6) is 0 Å². The van der Waals surface area contributed by atoms with Crippen molar-refractivity contribution in [2.24, 2.45) is 5.73 Å². The second-order valence-electron chi connectivity index (χ2n) is 5.18. The van der Waals surface area contributed by atoms with Crippen LogP contribution < -0.4 is 11.1 Å². The molecule has 20 heavy (non-hydrogen) atoms. The lowest BCUT2D eigenvalue weighted by Gasteiger charge is -2.17. The van der Waals surface area contributed by atoms with Gasteiger partial charge in [-0.25, -0.2) is 0 Å². The van der Waals surface area contributed by atoms with Gasteiger partial charge in [0.15, 0.2) is 0 Å². The third-order valence-corrected chi connectivity index (χ3v) is 3.49. The van der Waals surface area contributed by atoms with Crippen LogP contribution >= 0.6 is 0 Å². The molecule has 0 aliphatic carbocycles. The Hall–Kier alpha value is -1.88. The molecular formula is C15H21N3O2. The summed E-state index contributed by atoms with van der Waals surface area (Å²) in [6.45, 7) is 3.34. The number of nitrogens with two attached hydrogens (primary N) is 1. The van der Waals surface area contributed by atoms with E-state index in [0.29, 0.717) is 25.2 Å². The molecule has 1 aliphatic heterocycles. The Morgan fingerprint density at radius 1 is 1.45 bits per heavy atom. The van der Waals surface area contributed by atoms with E-state index < -0.39 is 0 Å². The van der Waals surface area contributed by atoms with Crippen LogP contribution in [-0.2, 0) is 11.2 Å². The van der Waals surface area contributed by atoms with Crippen molar-refractivity contribution in [1.82, 2.24) is 10.2 Å². The van der Waals surface area contributed by atoms with Gasteiger partial charge in [-0.15, -0.1) is 0 Å². The Kier molecular flexibility index (Phi) is 4.74. The number of carbonyl (C=O) groups is 2. The molecule has 2 rings (SSSR count). The largest absolute Gasteiger partial charge is 0.352 e. The normalized spacial score (nSPS) is 18.1. The zero-order valence-electron chi connectivity index (χ0n) is 11.8. The summed E-state index contributed by atoms with van der Waals surface area (Å²) >= 11 is 0. The molecule has 1 fully saturated rings. The van der Waals surface area contributed by atoms with Gasteiger partial charge in [-0.2, -0.15) is 0 Å². The Bertz CT molecular complexity index is 502. The summed E-state index contributed by atoms with van der Waals surface area (Å²) in [5.74, 6) is -0.0223. The molecule has 1 saturated heterocycles. The Labute approximate surface area is 119 Å². The van der Waals surface area contributed by atoms with Crippen LogP contribution in [0, 0.1) is 0 Å². The fourth-order valence-electron chi connectivity index (χ4n) is 2.56. The molecule has 0 aromatic heterocycles. The highest BCUT2D eigenvalue weighted by Crippen LogP contribution is 2.15. The number of hydrogen-bond acceptors (Lipinski definition) is 3. The van der Waals surface area contributed by atoms with Crippen LogP contribution in [0.2, 0.25) is 0 Å². The molecule has 2 amide bonds. The number of hydrogen-bond donors (Lipinski definition) is 2. The van der Waals surface area contributed by atoms with Crippen molar-refractivity contribution in [2.75, 3.05) is 19.6 Å². The molecule has 0 radical (unpaired) electrons. The first-order valence-corrected chi connectivity index (χ1v) is 6.95. The zero-order valence-corrected chi connectivity index (χ0v) is 11.8. The van der Waals surface area contributed by atoms with E-state index in [9.17, 15) is 9.59 Å². The molecule has 0 bridgehead atoms. The molecule has 1 aromatic carbocycles. The number of benzene rings is 1. The molecule has 1 unspecified atom stereocenters. The second kappa shape index (κ2) is 6.52. The first kappa shape index (κ1) is 14.5. The van der Waals surface area contributed by atoms with Crippen molar-refractivity contribution in [3.63, 3.8) is 0 Å². The Balaban J connectivity index is 2.01. The smallest absolute Gasteiger partial charge is 0.253 e. The van der Waals surface area contributed by atoms with E-state index in [0.717, 1.165) is 18.4 Å². The average molecular weight is 275 g/mol. The maximum Gasteiger partial charge on any atom is 0.253 e. The maximum atomic E-state index is 12.4. The van der Waals surface area contributed by atoms with Crippen LogP contribution in [0.1, 0.15) is 29.3 Å². The summed E-state index contributed by atoms with van der Waals surface area (Å²) in [6.07, 6.45) is 1.59. The minimum absolute atomic E-state index is 0.0247. The lowest BCUT2D eigenvalue weighted by Crippen LogP contribution is -2.37. The highest BCUT2D eigenvalue weighted by molar-refractivity contribution is 5.94. The highest BCUT2D eigenvalue weighted by atomic mass is 16.2. The number of rotatable bonds is 4. The third-order valence-electron chi connectivity index (χ3n) is 3.49. The SMILES string of the molecule is CC(=O)NC1CCN(C(=O)c2cccc(CCN)c2)C1. The van der Waals surface area contributed by atoms with E-state index in [-0.39, 0.29) is 17.9 Å². The van der Waals surface area contributed by atoms with Crippen molar-refractivity contribution >= 4 is 11.8 Å². The van der Waals surface area contributed by atoms with E-state index in [4.69, 9.17) is 5.73 Å². The molecule has 5 nitrogen and oxygen atoms in total. The molecule has 1 aliphatic rings. The van der Waals surface area contributed by atoms with E-state index in [1.165, 1.54) is 6.92 Å². The molecule has 108 valence electrons. The standard InChI is InChI=1S/C15H21N3O2/c1-11(19)17-14-6-8-18(10-14)15(20)13-4-2-3-12(9-13)5-7-16/h2-4,9,14H,5-8,10,16H2,1H3,(H,17,19). The minimum Gasteiger partial charge on any atom is -0.352 e. The van der Waals surface area contributed by atoms with Gasteiger partial charge in [-0.05, 0) is 37.1 Å². The molecule has 3 N–H and O–H groups in total. The van der Waals surface area contributed by atoms with Gasteiger partial charge < -0.3 is 16.0 Å². The highest BCUT2D eigenvalue weighted by Gasteiger charge is 2.27. The predicted octanol–water partition coefficient (Wildman–Crippen LogP) is 0.538. The topological polar surface area (TPSA) is 75.4 Å². The summed E-state index contributed by atoms with van der Waals surface area (Å²) < 4.78 is 0. The summed E-state index contributed by atoms with van der Waals surface area (Å²) in [4.78, 5) is 25.2. The zero-order chi connectivity index (χ0) is 14.5. The average Bonchev–Trinajstić information content (AvgIpc) is 2.86. The van der Waals surface area contributed by atoms with E-state index in [1.54, 1.807) is 4.90 Å². The predicted molar refractivity (Wildman–Crippen MR) is 77.3 cm³/mol. The van der Waals surface area contributed by atoms with Gasteiger partial charge in [-0.3, -0.25) is 9.59 Å². The monoisotopic (exact) mass is 275 g/mol. The van der Waals surface area contributed by atoms with Crippen molar-refractivity contribution in [3.05, 3.63) is 35.4 Å². The number of nitrogens with one attached hydrogen (secondary N) is 1. The lowest BCUT2D eigenvalue weighted by molar-refractivity contribution is -0.119. The minimum atomic E-state index is -0.0470. The third kappa shape index (κ3) is 3.57. The van der Waals surface area contributed by atoms with Gasteiger partial charge in [0.25, 0.3) is 5.91 Å². The van der Waals surface area contributed by atoms with Gasteiger partial charge in [0, 0.05) is 31.6 Å². The Morgan fingerprint density at radius 3 is 2.95 bits per heavy atom. The molecule has 1 atom stereocenters. The van der Waals surface area contributed by atoms with Crippen molar-refractivity contribution in [1.29, 1.82) is 0 Å². The maximum absolute atomic E-state index is 12.4. The number of amides is 2. The summed E-state index contributed by atoms with van der Waals surface area (Å²) in [5, 5.41) is 2.86. The van der Waals surface area contributed by atoms with Gasteiger partial charge in [0.05, 0.1) is 0 Å². The molecule has 0 spiro atoms. The lowest BCUT2D eigenvalue weighted by atomic mass is 10.1. The molecule has 1 aromatic rings. The summed E-state index contributed by atoms with van der Waals surface area (Å²) in [6, 6.07) is 7.67. The molecule has 1 heterocycles. The van der Waals surface area contributed by atoms with Crippen LogP contribution in [-0.4, -0.2) is 42.4 Å². The van der Waals surface area contributed by atoms with Crippen LogP contribution in [0.15, 0.2) is 24.3 Å². The van der Waals surface area contributed by atoms with Gasteiger partial charge in [0.2, 0.25) is 5.91 Å². The fraction of sp³-hybridized carbons (Fsp3) is 0.467. The van der Waals surface area contributed by atoms with Crippen molar-refractivity contribution in [3.8, 4) is 0 Å². The summed E-state index contributed by atoms with van der Waals surface area (Å²) in [5.41, 5.74) is 7.31. The van der Waals surface area contributed by atoms with E-state index in [1.807, 2.05) is 24.3 Å². The fourth-order valence-corrected chi connectivity index (χ4v) is 2.56. The number of nitrogens with zero attached hydrogens (tertiary/aromatic N) is 1. The van der Waals surface area contributed by atoms with Crippen LogP contribution in [0.4, 0.5) is 0 Å². The van der Waals surface area contributed by atoms with Crippen molar-refractivity contribution < 1.29 is 9.59 Å². The molecule has 0 saturated carbocycles. The Morgan fingerprint density at radius 2 is 2.25 bits per heavy atom. The van der Waals surface area contributed by atoms with Crippen LogP contribution in [0.3, 0.4) is 0 Å². The van der Waals surface area contributed by atoms with E-state index >= 15 is 0 Å². The van der Waals surface area contributed by atoms with Gasteiger partial charge in [-0.1, -0.05) is 12.1 Å². The van der Waals surface area contributed by atoms with Crippen molar-refractivity contribution in [2.45, 2.75) is 25.8 Å². The van der Waals surface area contributed by atoms with Gasteiger partial charge >= 0.3 is 0 Å². The summed E-state index contributed by atoms with van der Waals surface area (Å²) in [7, 11) is 0. The molecular weight excluding hydrogens is 254 g/mol. The quantitative estimate of drug-likeness (QED) is 0.842. The molecule has 5 heteroatoms. The first-order valence-electron chi connectivity index (χ1n) is 6.95. The second-order valence-corrected chi connectivity index (χ2v) is 5.18. The van der Waals surface area contributed by atoms with Gasteiger partial charge in [0.1, 0.15) is 0 Å². The number of likely N-dealkylation sites (tertiary alicyclic amines) is 1.